The predicted molar refractivity (Wildman–Crippen MR) is 84.1 cm³/mol. The molecule has 0 bridgehead atoms. The van der Waals surface area contributed by atoms with Gasteiger partial charge in [-0.3, -0.25) is 4.79 Å². The summed E-state index contributed by atoms with van der Waals surface area (Å²) in [7, 11) is 3.48. The topological polar surface area (TPSA) is 53.6 Å². The molecule has 3 rings (SSSR count). The molecule has 1 amide bonds. The lowest BCUT2D eigenvalue weighted by molar-refractivity contribution is -0.117. The molecule has 5 nitrogen and oxygen atoms in total. The van der Waals surface area contributed by atoms with Gasteiger partial charge in [0.2, 0.25) is 5.91 Å². The predicted octanol–water partition coefficient (Wildman–Crippen LogP) is 2.17. The molecule has 1 aromatic carbocycles. The highest BCUT2D eigenvalue weighted by molar-refractivity contribution is 6.33. The molecule has 0 radical (unpaired) electrons. The maximum Gasteiger partial charge on any atom is 0.246 e. The van der Waals surface area contributed by atoms with E-state index in [4.69, 9.17) is 16.3 Å². The van der Waals surface area contributed by atoms with Crippen molar-refractivity contribution in [3.05, 3.63) is 22.7 Å². The molecular formula is C15H20ClN3O2. The monoisotopic (exact) mass is 309 g/mol. The quantitative estimate of drug-likeness (QED) is 0.845. The van der Waals surface area contributed by atoms with E-state index in [2.05, 4.69) is 15.5 Å². The van der Waals surface area contributed by atoms with Crippen LogP contribution in [0.4, 0.5) is 11.4 Å². The van der Waals surface area contributed by atoms with Gasteiger partial charge < -0.3 is 20.3 Å². The Morgan fingerprint density at radius 3 is 2.86 bits per heavy atom. The Bertz CT molecular complexity index is 560. The largest absolute Gasteiger partial charge is 0.383 e. The number of fused-ring (bicyclic) bond motifs is 1. The molecule has 1 saturated carbocycles. The van der Waals surface area contributed by atoms with Gasteiger partial charge in [-0.15, -0.1) is 0 Å². The first-order chi connectivity index (χ1) is 10.2. The SMILES string of the molecule is CNC1C(=O)Nc2cc(N(CCOC)C3CC3)c(Cl)cc21. The van der Waals surface area contributed by atoms with Crippen molar-refractivity contribution in [2.75, 3.05) is 37.5 Å². The molecule has 1 unspecified atom stereocenters. The Hall–Kier alpha value is -1.30. The van der Waals surface area contributed by atoms with Crippen molar-refractivity contribution >= 4 is 28.9 Å². The smallest absolute Gasteiger partial charge is 0.246 e. The van der Waals surface area contributed by atoms with Crippen molar-refractivity contribution in [2.24, 2.45) is 0 Å². The maximum atomic E-state index is 11.9. The summed E-state index contributed by atoms with van der Waals surface area (Å²) < 4.78 is 5.19. The van der Waals surface area contributed by atoms with Gasteiger partial charge in [-0.1, -0.05) is 11.6 Å². The van der Waals surface area contributed by atoms with Crippen LogP contribution in [0.15, 0.2) is 12.1 Å². The second-order valence-electron chi connectivity index (χ2n) is 5.52. The molecule has 1 fully saturated rings. The van der Waals surface area contributed by atoms with Crippen molar-refractivity contribution < 1.29 is 9.53 Å². The summed E-state index contributed by atoms with van der Waals surface area (Å²) in [5, 5.41) is 6.62. The van der Waals surface area contributed by atoms with Crippen LogP contribution in [-0.2, 0) is 9.53 Å². The van der Waals surface area contributed by atoms with Gasteiger partial charge in [0.1, 0.15) is 6.04 Å². The van der Waals surface area contributed by atoms with E-state index in [1.54, 1.807) is 14.2 Å². The van der Waals surface area contributed by atoms with Crippen molar-refractivity contribution in [3.63, 3.8) is 0 Å². The first-order valence-corrected chi connectivity index (χ1v) is 7.60. The van der Waals surface area contributed by atoms with E-state index >= 15 is 0 Å². The molecule has 1 atom stereocenters. The van der Waals surface area contributed by atoms with Crippen LogP contribution in [0.25, 0.3) is 0 Å². The van der Waals surface area contributed by atoms with Gasteiger partial charge >= 0.3 is 0 Å². The van der Waals surface area contributed by atoms with Gasteiger partial charge in [0, 0.05) is 30.9 Å². The zero-order valence-corrected chi connectivity index (χ0v) is 13.0. The maximum absolute atomic E-state index is 11.9. The van der Waals surface area contributed by atoms with Crippen LogP contribution in [0.1, 0.15) is 24.4 Å². The Morgan fingerprint density at radius 2 is 2.24 bits per heavy atom. The molecule has 0 spiro atoms. The molecule has 2 aliphatic rings. The number of hydrogen-bond acceptors (Lipinski definition) is 4. The molecular weight excluding hydrogens is 290 g/mol. The van der Waals surface area contributed by atoms with Crippen molar-refractivity contribution in [3.8, 4) is 0 Å². The van der Waals surface area contributed by atoms with Gasteiger partial charge in [0.25, 0.3) is 0 Å². The minimum atomic E-state index is -0.320. The molecule has 21 heavy (non-hydrogen) atoms. The molecule has 0 aromatic heterocycles. The number of nitrogens with one attached hydrogen (secondary N) is 2. The third-order valence-corrected chi connectivity index (χ3v) is 4.37. The molecule has 0 saturated heterocycles. The number of benzene rings is 1. The molecule has 1 aliphatic carbocycles. The average Bonchev–Trinajstić information content (AvgIpc) is 3.24. The second kappa shape index (κ2) is 5.83. The van der Waals surface area contributed by atoms with Crippen LogP contribution in [0.5, 0.6) is 0 Å². The Labute approximate surface area is 129 Å². The van der Waals surface area contributed by atoms with Crippen LogP contribution in [-0.4, -0.2) is 39.3 Å². The highest BCUT2D eigenvalue weighted by atomic mass is 35.5. The van der Waals surface area contributed by atoms with Crippen LogP contribution < -0.4 is 15.5 Å². The van der Waals surface area contributed by atoms with Crippen molar-refractivity contribution in [1.82, 2.24) is 5.32 Å². The lowest BCUT2D eigenvalue weighted by Crippen LogP contribution is -2.29. The molecule has 6 heteroatoms. The number of hydrogen-bond donors (Lipinski definition) is 2. The Balaban J connectivity index is 1.93. The number of carbonyl (C=O) groups is 1. The molecule has 2 N–H and O–H groups in total. The fraction of sp³-hybridized carbons (Fsp3) is 0.533. The Morgan fingerprint density at radius 1 is 1.48 bits per heavy atom. The highest BCUT2D eigenvalue weighted by Gasteiger charge is 2.34. The highest BCUT2D eigenvalue weighted by Crippen LogP contribution is 2.41. The van der Waals surface area contributed by atoms with Crippen LogP contribution in [0.3, 0.4) is 0 Å². The first kappa shape index (κ1) is 14.6. The Kier molecular flexibility index (Phi) is 4.06. The number of anilines is 2. The van der Waals surface area contributed by atoms with Gasteiger partial charge in [-0.2, -0.15) is 0 Å². The second-order valence-corrected chi connectivity index (χ2v) is 5.93. The standard InChI is InChI=1S/C15H20ClN3O2/c1-17-14-10-7-11(16)13(8-12(10)18-15(14)20)19(5-6-21-2)9-3-4-9/h7-9,14,17H,3-6H2,1-2H3,(H,18,20). The number of likely N-dealkylation sites (N-methyl/N-ethyl adjacent to an activating group) is 1. The van der Waals surface area contributed by atoms with Gasteiger partial charge in [-0.25, -0.2) is 0 Å². The van der Waals surface area contributed by atoms with Crippen LogP contribution in [0.2, 0.25) is 5.02 Å². The zero-order chi connectivity index (χ0) is 15.0. The summed E-state index contributed by atoms with van der Waals surface area (Å²) in [5.41, 5.74) is 2.74. The van der Waals surface area contributed by atoms with E-state index in [0.29, 0.717) is 17.7 Å². The molecule has 114 valence electrons. The summed E-state index contributed by atoms with van der Waals surface area (Å²) >= 11 is 6.47. The normalized spacial score (nSPS) is 20.3. The number of ether oxygens (including phenoxy) is 1. The summed E-state index contributed by atoms with van der Waals surface area (Å²) in [6.45, 7) is 1.47. The van der Waals surface area contributed by atoms with E-state index in [1.807, 2.05) is 12.1 Å². The number of methoxy groups -OCH3 is 1. The van der Waals surface area contributed by atoms with E-state index in [0.717, 1.165) is 23.5 Å². The van der Waals surface area contributed by atoms with Crippen molar-refractivity contribution in [1.29, 1.82) is 0 Å². The van der Waals surface area contributed by atoms with Crippen LogP contribution >= 0.6 is 11.6 Å². The van der Waals surface area contributed by atoms with Crippen molar-refractivity contribution in [2.45, 2.75) is 24.9 Å². The van der Waals surface area contributed by atoms with Gasteiger partial charge in [0.05, 0.1) is 17.3 Å². The molecule has 1 aliphatic heterocycles. The van der Waals surface area contributed by atoms with Gasteiger partial charge in [-0.05, 0) is 32.0 Å². The number of amides is 1. The minimum Gasteiger partial charge on any atom is -0.383 e. The fourth-order valence-corrected chi connectivity index (χ4v) is 3.13. The summed E-state index contributed by atoms with van der Waals surface area (Å²) in [5.74, 6) is -0.0319. The molecule has 1 aromatic rings. The number of rotatable bonds is 6. The average molecular weight is 310 g/mol. The number of nitrogens with zero attached hydrogens (tertiary/aromatic N) is 1. The van der Waals surface area contributed by atoms with E-state index in [1.165, 1.54) is 12.8 Å². The molecule has 1 heterocycles. The van der Waals surface area contributed by atoms with Gasteiger partial charge in [0.15, 0.2) is 0 Å². The summed E-state index contributed by atoms with van der Waals surface area (Å²) in [6.07, 6.45) is 2.37. The first-order valence-electron chi connectivity index (χ1n) is 7.23. The number of carbonyl (C=O) groups excluding carboxylic acids is 1. The third-order valence-electron chi connectivity index (χ3n) is 4.07. The lowest BCUT2D eigenvalue weighted by atomic mass is 10.1. The summed E-state index contributed by atoms with van der Waals surface area (Å²) in [6, 6.07) is 4.10. The number of halogens is 1. The zero-order valence-electron chi connectivity index (χ0n) is 12.3. The fourth-order valence-electron chi connectivity index (χ4n) is 2.85. The van der Waals surface area contributed by atoms with E-state index in [9.17, 15) is 4.79 Å². The minimum absolute atomic E-state index is 0.0319. The van der Waals surface area contributed by atoms with E-state index < -0.39 is 0 Å². The lowest BCUT2D eigenvalue weighted by Gasteiger charge is -2.26. The summed E-state index contributed by atoms with van der Waals surface area (Å²) in [4.78, 5) is 14.2. The van der Waals surface area contributed by atoms with Crippen LogP contribution in [0, 0.1) is 0 Å². The van der Waals surface area contributed by atoms with E-state index in [-0.39, 0.29) is 11.9 Å². The third kappa shape index (κ3) is 2.73.